The number of amides is 4. The van der Waals surface area contributed by atoms with Crippen molar-refractivity contribution >= 4 is 33.8 Å². The number of nitrogens with one attached hydrogen (secondary N) is 3. The maximum atomic E-state index is 13.9. The molecule has 0 aromatic rings. The maximum absolute atomic E-state index is 13.9. The van der Waals surface area contributed by atoms with Gasteiger partial charge in [-0.2, -0.15) is 0 Å². The van der Waals surface area contributed by atoms with E-state index in [-0.39, 0.29) is 32.1 Å². The average Bonchev–Trinajstić information content (AvgIpc) is 3.76. The zero-order valence-corrected chi connectivity index (χ0v) is 25.0. The molecular weight excluding hydrogens is 556 g/mol. The van der Waals surface area contributed by atoms with E-state index in [9.17, 15) is 32.7 Å². The van der Waals surface area contributed by atoms with Crippen LogP contribution < -0.4 is 15.4 Å². The summed E-state index contributed by atoms with van der Waals surface area (Å²) >= 11 is 0. The number of hydrogen-bond donors (Lipinski definition) is 4. The standard InChI is InChI=1S/C27H42N4O9S/c1-15-11-16(2)39-10-6-7-17-13-27(17,24(35)30-41(37,38)19-8-9-19)29-22(33)20-12-18(32)14-31(20)23(34)21(15)28-25(36)40-26(3,4)5/h6-7,15-21,32H,8-14H2,1-5H3,(H,28,36)(H,29,33)(H,30,35)/b7-6-/t15-,16+,17-,18-,20+,21+,27-/m1/s1. The smallest absolute Gasteiger partial charge is 0.408 e. The Kier molecular flexibility index (Phi) is 8.78. The molecule has 2 aliphatic heterocycles. The Bertz CT molecular complexity index is 1200. The fourth-order valence-corrected chi connectivity index (χ4v) is 6.86. The van der Waals surface area contributed by atoms with Gasteiger partial charge in [0, 0.05) is 18.9 Å². The number of alkyl carbamates (subject to hydrolysis) is 1. The summed E-state index contributed by atoms with van der Waals surface area (Å²) in [7, 11) is -3.87. The van der Waals surface area contributed by atoms with E-state index in [0.29, 0.717) is 19.3 Å². The molecule has 4 aliphatic rings. The zero-order chi connectivity index (χ0) is 30.3. The van der Waals surface area contributed by atoms with Crippen LogP contribution in [0.5, 0.6) is 0 Å². The lowest BCUT2D eigenvalue weighted by Crippen LogP contribution is -2.59. The Morgan fingerprint density at radius 1 is 1.20 bits per heavy atom. The Hall–Kier alpha value is -2.71. The molecule has 41 heavy (non-hydrogen) atoms. The van der Waals surface area contributed by atoms with Gasteiger partial charge in [0.15, 0.2) is 0 Å². The van der Waals surface area contributed by atoms with E-state index >= 15 is 0 Å². The van der Waals surface area contributed by atoms with E-state index in [1.165, 1.54) is 4.90 Å². The number of rotatable bonds is 4. The highest BCUT2D eigenvalue weighted by Crippen LogP contribution is 2.46. The molecule has 7 atom stereocenters. The van der Waals surface area contributed by atoms with Crippen LogP contribution in [-0.2, 0) is 33.9 Å². The van der Waals surface area contributed by atoms with Gasteiger partial charge < -0.3 is 30.1 Å². The minimum atomic E-state index is -3.87. The van der Waals surface area contributed by atoms with Crippen LogP contribution in [0.4, 0.5) is 4.79 Å². The number of aliphatic hydroxyl groups excluding tert-OH is 1. The maximum Gasteiger partial charge on any atom is 0.408 e. The third-order valence-electron chi connectivity index (χ3n) is 7.89. The number of carbonyl (C=O) groups excluding carboxylic acids is 4. The Morgan fingerprint density at radius 3 is 2.51 bits per heavy atom. The lowest BCUT2D eigenvalue weighted by atomic mass is 9.94. The summed E-state index contributed by atoms with van der Waals surface area (Å²) in [6.07, 6.45) is 2.73. The van der Waals surface area contributed by atoms with E-state index in [4.69, 9.17) is 9.47 Å². The van der Waals surface area contributed by atoms with E-state index in [0.717, 1.165) is 0 Å². The number of ether oxygens (including phenoxy) is 2. The monoisotopic (exact) mass is 598 g/mol. The molecule has 0 spiro atoms. The second-order valence-electron chi connectivity index (χ2n) is 12.8. The summed E-state index contributed by atoms with van der Waals surface area (Å²) in [6, 6.07) is -2.23. The molecule has 0 radical (unpaired) electrons. The molecule has 4 N–H and O–H groups in total. The summed E-state index contributed by atoms with van der Waals surface area (Å²) in [5.41, 5.74) is -2.33. The normalized spacial score (nSPS) is 35.6. The third kappa shape index (κ3) is 7.39. The lowest BCUT2D eigenvalue weighted by Gasteiger charge is -2.33. The molecule has 2 heterocycles. The second kappa shape index (κ2) is 11.5. The van der Waals surface area contributed by atoms with E-state index in [1.807, 2.05) is 6.92 Å². The first-order valence-corrected chi connectivity index (χ1v) is 15.7. The molecule has 13 nitrogen and oxygen atoms in total. The van der Waals surface area contributed by atoms with Crippen LogP contribution >= 0.6 is 0 Å². The van der Waals surface area contributed by atoms with Crippen molar-refractivity contribution in [1.29, 1.82) is 0 Å². The van der Waals surface area contributed by atoms with Crippen molar-refractivity contribution < 1.29 is 42.2 Å². The van der Waals surface area contributed by atoms with Gasteiger partial charge >= 0.3 is 6.09 Å². The van der Waals surface area contributed by atoms with Gasteiger partial charge in [0.2, 0.25) is 21.8 Å². The van der Waals surface area contributed by atoms with Gasteiger partial charge in [-0.05, 0) is 59.3 Å². The molecule has 0 bridgehead atoms. The Balaban J connectivity index is 1.62. The molecule has 2 aliphatic carbocycles. The van der Waals surface area contributed by atoms with Crippen molar-refractivity contribution in [3.8, 4) is 0 Å². The fourth-order valence-electron chi connectivity index (χ4n) is 5.50. The minimum absolute atomic E-state index is 0.0802. The van der Waals surface area contributed by atoms with Crippen molar-refractivity contribution in [1.82, 2.24) is 20.3 Å². The molecule has 230 valence electrons. The van der Waals surface area contributed by atoms with Gasteiger partial charge in [-0.15, -0.1) is 0 Å². The van der Waals surface area contributed by atoms with Crippen molar-refractivity contribution in [3.63, 3.8) is 0 Å². The van der Waals surface area contributed by atoms with Gasteiger partial charge in [-0.1, -0.05) is 19.1 Å². The van der Waals surface area contributed by atoms with Crippen LogP contribution in [0.1, 0.15) is 66.7 Å². The highest BCUT2D eigenvalue weighted by atomic mass is 32.2. The molecule has 1 saturated heterocycles. The lowest BCUT2D eigenvalue weighted by molar-refractivity contribution is -0.142. The van der Waals surface area contributed by atoms with Crippen LogP contribution in [0.25, 0.3) is 0 Å². The van der Waals surface area contributed by atoms with E-state index < -0.39 is 80.3 Å². The number of carbonyl (C=O) groups is 4. The number of fused-ring (bicyclic) bond motifs is 2. The SMILES string of the molecule is C[C@@H]1C[C@H](C)OC/C=C\[C@@H]2C[C@@]2(C(=O)NS(=O)(=O)C2CC2)NC(=O)[C@@H]2C[C@@H](O)CN2C(=O)[C@H]1NC(=O)OC(C)(C)C. The molecule has 4 rings (SSSR count). The predicted octanol–water partition coefficient (Wildman–Crippen LogP) is 0.326. The van der Waals surface area contributed by atoms with Gasteiger partial charge in [0.25, 0.3) is 5.91 Å². The second-order valence-corrected chi connectivity index (χ2v) is 14.7. The molecule has 3 fully saturated rings. The van der Waals surface area contributed by atoms with Crippen LogP contribution in [0, 0.1) is 11.8 Å². The molecule has 4 amide bonds. The van der Waals surface area contributed by atoms with Crippen molar-refractivity contribution in [2.24, 2.45) is 11.8 Å². The van der Waals surface area contributed by atoms with Crippen molar-refractivity contribution in [3.05, 3.63) is 12.2 Å². The van der Waals surface area contributed by atoms with E-state index in [2.05, 4.69) is 15.4 Å². The van der Waals surface area contributed by atoms with Gasteiger partial charge in [-0.25, -0.2) is 13.2 Å². The fraction of sp³-hybridized carbons (Fsp3) is 0.778. The van der Waals surface area contributed by atoms with Gasteiger partial charge in [0.1, 0.15) is 23.2 Å². The first-order chi connectivity index (χ1) is 19.0. The van der Waals surface area contributed by atoms with Crippen LogP contribution in [0.3, 0.4) is 0 Å². The highest BCUT2D eigenvalue weighted by molar-refractivity contribution is 7.91. The Labute approximate surface area is 240 Å². The van der Waals surface area contributed by atoms with Crippen molar-refractivity contribution in [2.75, 3.05) is 13.2 Å². The zero-order valence-electron chi connectivity index (χ0n) is 24.2. The van der Waals surface area contributed by atoms with Gasteiger partial charge in [0.05, 0.1) is 24.1 Å². The highest BCUT2D eigenvalue weighted by Gasteiger charge is 2.62. The summed E-state index contributed by atoms with van der Waals surface area (Å²) in [4.78, 5) is 54.7. The van der Waals surface area contributed by atoms with Crippen LogP contribution in [0.15, 0.2) is 12.2 Å². The van der Waals surface area contributed by atoms with Gasteiger partial charge in [-0.3, -0.25) is 19.1 Å². The van der Waals surface area contributed by atoms with Crippen molar-refractivity contribution in [2.45, 2.75) is 107 Å². The van der Waals surface area contributed by atoms with Crippen LogP contribution in [-0.4, -0.2) is 96.1 Å². The summed E-state index contributed by atoms with van der Waals surface area (Å²) in [5.74, 6) is -3.02. The average molecular weight is 599 g/mol. The predicted molar refractivity (Wildman–Crippen MR) is 147 cm³/mol. The minimum Gasteiger partial charge on any atom is -0.444 e. The molecular formula is C27H42N4O9S. The summed E-state index contributed by atoms with van der Waals surface area (Å²) in [5, 5.41) is 15.2. The number of hydrogen-bond acceptors (Lipinski definition) is 9. The molecule has 2 saturated carbocycles. The molecule has 14 heteroatoms. The first-order valence-electron chi connectivity index (χ1n) is 14.2. The number of nitrogens with zero attached hydrogens (tertiary/aromatic N) is 1. The summed E-state index contributed by atoms with van der Waals surface area (Å²) < 4.78 is 38.4. The Morgan fingerprint density at radius 2 is 1.88 bits per heavy atom. The van der Waals surface area contributed by atoms with Crippen LogP contribution in [0.2, 0.25) is 0 Å². The van der Waals surface area contributed by atoms with E-state index in [1.54, 1.807) is 39.8 Å². The first kappa shape index (κ1) is 31.2. The molecule has 0 aromatic carbocycles. The quantitative estimate of drug-likeness (QED) is 0.332. The number of aliphatic hydroxyl groups is 1. The number of sulfonamides is 1. The third-order valence-corrected chi connectivity index (χ3v) is 9.70. The molecule has 0 aromatic heterocycles. The largest absolute Gasteiger partial charge is 0.444 e. The molecule has 0 unspecified atom stereocenters. The topological polar surface area (TPSA) is 180 Å². The summed E-state index contributed by atoms with van der Waals surface area (Å²) in [6.45, 7) is 8.74.